The molecule has 1 N–H and O–H groups in total. The van der Waals surface area contributed by atoms with Crippen molar-refractivity contribution in [1.82, 2.24) is 5.32 Å². The summed E-state index contributed by atoms with van der Waals surface area (Å²) in [5.41, 5.74) is 1.74. The zero-order chi connectivity index (χ0) is 12.6. The van der Waals surface area contributed by atoms with E-state index in [-0.39, 0.29) is 5.54 Å². The van der Waals surface area contributed by atoms with Crippen molar-refractivity contribution in [3.8, 4) is 0 Å². The highest BCUT2D eigenvalue weighted by Gasteiger charge is 2.15. The van der Waals surface area contributed by atoms with E-state index >= 15 is 0 Å². The molecule has 1 heterocycles. The van der Waals surface area contributed by atoms with Crippen LogP contribution in [0.3, 0.4) is 0 Å². The molecule has 0 unspecified atom stereocenters. The molecule has 92 valence electrons. The molecule has 0 atom stereocenters. The first-order chi connectivity index (χ1) is 7.88. The van der Waals surface area contributed by atoms with Crippen molar-refractivity contribution in [2.24, 2.45) is 0 Å². The first kappa shape index (κ1) is 12.7. The van der Waals surface area contributed by atoms with Crippen LogP contribution in [0.25, 0.3) is 11.0 Å². The summed E-state index contributed by atoms with van der Waals surface area (Å²) in [7, 11) is 0. The maximum atomic E-state index is 6.18. The minimum absolute atomic E-state index is 0.0502. The van der Waals surface area contributed by atoms with Crippen LogP contribution in [0.5, 0.6) is 0 Å². The topological polar surface area (TPSA) is 25.2 Å². The molecule has 0 fully saturated rings. The van der Waals surface area contributed by atoms with Gasteiger partial charge in [-0.15, -0.1) is 0 Å². The predicted octanol–water partition coefficient (Wildman–Crippen LogP) is 4.63. The van der Waals surface area contributed by atoms with Crippen LogP contribution >= 0.6 is 23.2 Å². The Morgan fingerprint density at radius 3 is 2.47 bits per heavy atom. The van der Waals surface area contributed by atoms with Crippen LogP contribution in [0, 0.1) is 0 Å². The Labute approximate surface area is 111 Å². The van der Waals surface area contributed by atoms with E-state index in [0.29, 0.717) is 22.2 Å². The summed E-state index contributed by atoms with van der Waals surface area (Å²) in [6.45, 7) is 7.05. The van der Waals surface area contributed by atoms with Gasteiger partial charge in [0.05, 0.1) is 16.3 Å². The quantitative estimate of drug-likeness (QED) is 0.862. The third-order valence-corrected chi connectivity index (χ3v) is 3.12. The molecule has 0 spiro atoms. The Balaban J connectivity index is 2.39. The summed E-state index contributed by atoms with van der Waals surface area (Å²) in [5, 5.41) is 5.56. The van der Waals surface area contributed by atoms with E-state index in [1.54, 1.807) is 18.4 Å². The lowest BCUT2D eigenvalue weighted by atomic mass is 10.1. The van der Waals surface area contributed by atoms with E-state index in [4.69, 9.17) is 27.6 Å². The lowest BCUT2D eigenvalue weighted by Gasteiger charge is -2.20. The molecule has 0 aliphatic heterocycles. The highest BCUT2D eigenvalue weighted by atomic mass is 35.5. The molecule has 1 aromatic carbocycles. The Hall–Kier alpha value is -0.700. The molecule has 2 rings (SSSR count). The maximum Gasteiger partial charge on any atom is 0.154 e. The van der Waals surface area contributed by atoms with Gasteiger partial charge in [0.25, 0.3) is 0 Å². The van der Waals surface area contributed by atoms with Gasteiger partial charge in [0.15, 0.2) is 5.58 Å². The minimum Gasteiger partial charge on any atom is -0.462 e. The first-order valence-electron chi connectivity index (χ1n) is 5.47. The summed E-state index contributed by atoms with van der Waals surface area (Å²) in [6, 6.07) is 3.54. The van der Waals surface area contributed by atoms with Crippen LogP contribution in [0.1, 0.15) is 26.3 Å². The van der Waals surface area contributed by atoms with Crippen LogP contribution in [-0.4, -0.2) is 5.54 Å². The van der Waals surface area contributed by atoms with Crippen LogP contribution in [-0.2, 0) is 6.54 Å². The number of fused-ring (bicyclic) bond motifs is 1. The average molecular weight is 272 g/mol. The standard InChI is InChI=1S/C13H15Cl2NO/c1-13(2,3)16-6-8-7-17-12-10(15)5-4-9(14)11(8)12/h4-5,7,16H,6H2,1-3H3. The predicted molar refractivity (Wildman–Crippen MR) is 72.8 cm³/mol. The van der Waals surface area contributed by atoms with Gasteiger partial charge in [-0.1, -0.05) is 23.2 Å². The lowest BCUT2D eigenvalue weighted by Crippen LogP contribution is -2.34. The molecule has 0 bridgehead atoms. The van der Waals surface area contributed by atoms with Crippen molar-refractivity contribution < 1.29 is 4.42 Å². The Morgan fingerprint density at radius 2 is 1.82 bits per heavy atom. The van der Waals surface area contributed by atoms with Gasteiger partial charge >= 0.3 is 0 Å². The smallest absolute Gasteiger partial charge is 0.154 e. The van der Waals surface area contributed by atoms with E-state index < -0.39 is 0 Å². The van der Waals surface area contributed by atoms with Crippen molar-refractivity contribution >= 4 is 34.2 Å². The molecule has 0 aliphatic carbocycles. The molecule has 2 nitrogen and oxygen atoms in total. The summed E-state index contributed by atoms with van der Waals surface area (Å²) < 4.78 is 5.47. The van der Waals surface area contributed by atoms with Gasteiger partial charge < -0.3 is 9.73 Å². The van der Waals surface area contributed by atoms with E-state index in [1.807, 2.05) is 0 Å². The van der Waals surface area contributed by atoms with Crippen molar-refractivity contribution in [2.45, 2.75) is 32.9 Å². The molecule has 4 heteroatoms. The molecule has 0 aliphatic rings. The van der Waals surface area contributed by atoms with Gasteiger partial charge in [-0.3, -0.25) is 0 Å². The third-order valence-electron chi connectivity index (χ3n) is 2.51. The second-order valence-corrected chi connectivity index (χ2v) is 5.91. The van der Waals surface area contributed by atoms with Crippen LogP contribution < -0.4 is 5.32 Å². The van der Waals surface area contributed by atoms with Crippen molar-refractivity contribution in [2.75, 3.05) is 0 Å². The minimum atomic E-state index is 0.0502. The Kier molecular flexibility index (Phi) is 3.39. The monoisotopic (exact) mass is 271 g/mol. The molecular weight excluding hydrogens is 257 g/mol. The highest BCUT2D eigenvalue weighted by molar-refractivity contribution is 6.39. The van der Waals surface area contributed by atoms with Gasteiger partial charge in [0, 0.05) is 23.0 Å². The van der Waals surface area contributed by atoms with E-state index in [2.05, 4.69) is 26.1 Å². The lowest BCUT2D eigenvalue weighted by molar-refractivity contribution is 0.423. The van der Waals surface area contributed by atoms with E-state index in [9.17, 15) is 0 Å². The fraction of sp³-hybridized carbons (Fsp3) is 0.385. The van der Waals surface area contributed by atoms with Crippen LogP contribution in [0.2, 0.25) is 10.0 Å². The molecule has 0 saturated heterocycles. The summed E-state index contributed by atoms with van der Waals surface area (Å²) >= 11 is 12.2. The summed E-state index contributed by atoms with van der Waals surface area (Å²) in [4.78, 5) is 0. The van der Waals surface area contributed by atoms with Crippen molar-refractivity contribution in [1.29, 1.82) is 0 Å². The fourth-order valence-corrected chi connectivity index (χ4v) is 2.10. The number of furan rings is 1. The average Bonchev–Trinajstić information content (AvgIpc) is 2.64. The number of halogens is 2. The van der Waals surface area contributed by atoms with E-state index in [0.717, 1.165) is 10.9 Å². The fourth-order valence-electron chi connectivity index (χ4n) is 1.63. The van der Waals surface area contributed by atoms with Gasteiger partial charge in [0.1, 0.15) is 0 Å². The number of nitrogens with one attached hydrogen (secondary N) is 1. The number of hydrogen-bond donors (Lipinski definition) is 1. The van der Waals surface area contributed by atoms with Crippen molar-refractivity contribution in [3.63, 3.8) is 0 Å². The largest absolute Gasteiger partial charge is 0.462 e. The normalized spacial score (nSPS) is 12.3. The summed E-state index contributed by atoms with van der Waals surface area (Å²) in [5.74, 6) is 0. The SMILES string of the molecule is CC(C)(C)NCc1coc2c(Cl)ccc(Cl)c12. The molecular formula is C13H15Cl2NO. The molecule has 1 aromatic heterocycles. The zero-order valence-corrected chi connectivity index (χ0v) is 11.6. The number of rotatable bonds is 2. The molecule has 0 radical (unpaired) electrons. The van der Waals surface area contributed by atoms with E-state index in [1.165, 1.54) is 0 Å². The second-order valence-electron chi connectivity index (χ2n) is 5.10. The number of benzene rings is 1. The highest BCUT2D eigenvalue weighted by Crippen LogP contribution is 2.33. The zero-order valence-electron chi connectivity index (χ0n) is 10.1. The molecule has 2 aromatic rings. The Bertz CT molecular complexity index is 540. The summed E-state index contributed by atoms with van der Waals surface area (Å²) in [6.07, 6.45) is 1.71. The van der Waals surface area contributed by atoms with Crippen molar-refractivity contribution in [3.05, 3.63) is 34.0 Å². The Morgan fingerprint density at radius 1 is 1.18 bits per heavy atom. The van der Waals surface area contributed by atoms with Gasteiger partial charge in [-0.05, 0) is 32.9 Å². The second kappa shape index (κ2) is 4.52. The van der Waals surface area contributed by atoms with Gasteiger partial charge in [-0.25, -0.2) is 0 Å². The molecule has 0 amide bonds. The van der Waals surface area contributed by atoms with Crippen LogP contribution in [0.15, 0.2) is 22.8 Å². The first-order valence-corrected chi connectivity index (χ1v) is 6.23. The number of hydrogen-bond acceptors (Lipinski definition) is 2. The third kappa shape index (κ3) is 2.76. The van der Waals surface area contributed by atoms with Gasteiger partial charge in [-0.2, -0.15) is 0 Å². The molecule has 17 heavy (non-hydrogen) atoms. The van der Waals surface area contributed by atoms with Crippen LogP contribution in [0.4, 0.5) is 0 Å². The molecule has 0 saturated carbocycles. The van der Waals surface area contributed by atoms with Gasteiger partial charge in [0.2, 0.25) is 0 Å². The maximum absolute atomic E-state index is 6.18.